The van der Waals surface area contributed by atoms with Crippen molar-refractivity contribution in [2.45, 2.75) is 31.8 Å². The zero-order valence-corrected chi connectivity index (χ0v) is 21.5. The number of anilines is 1. The highest BCUT2D eigenvalue weighted by molar-refractivity contribution is 6.03. The van der Waals surface area contributed by atoms with Crippen molar-refractivity contribution in [3.05, 3.63) is 114 Å². The lowest BCUT2D eigenvalue weighted by atomic mass is 9.97. The van der Waals surface area contributed by atoms with Crippen LogP contribution in [0, 0.1) is 0 Å². The Morgan fingerprint density at radius 2 is 1.74 bits per heavy atom. The predicted molar refractivity (Wildman–Crippen MR) is 147 cm³/mol. The summed E-state index contributed by atoms with van der Waals surface area (Å²) >= 11 is 0. The number of ether oxygens (including phenoxy) is 1. The van der Waals surface area contributed by atoms with E-state index in [0.29, 0.717) is 24.9 Å². The number of pyridine rings is 2. The molecule has 1 N–H and O–H groups in total. The summed E-state index contributed by atoms with van der Waals surface area (Å²) in [6.07, 6.45) is 6.28. The average Bonchev–Trinajstić information content (AvgIpc) is 3.41. The van der Waals surface area contributed by atoms with Crippen molar-refractivity contribution in [3.8, 4) is 11.1 Å². The van der Waals surface area contributed by atoms with Gasteiger partial charge in [-0.3, -0.25) is 20.1 Å². The molecule has 0 spiro atoms. The van der Waals surface area contributed by atoms with Crippen molar-refractivity contribution < 1.29 is 14.3 Å². The molecule has 1 aliphatic heterocycles. The van der Waals surface area contributed by atoms with E-state index in [1.807, 2.05) is 79.7 Å². The van der Waals surface area contributed by atoms with Gasteiger partial charge < -0.3 is 9.64 Å². The molecule has 1 aliphatic rings. The van der Waals surface area contributed by atoms with Crippen LogP contribution in [0.25, 0.3) is 11.1 Å². The van der Waals surface area contributed by atoms with Crippen molar-refractivity contribution in [3.63, 3.8) is 0 Å². The fourth-order valence-corrected chi connectivity index (χ4v) is 5.01. The average molecular weight is 507 g/mol. The second kappa shape index (κ2) is 11.4. The van der Waals surface area contributed by atoms with Gasteiger partial charge in [0.15, 0.2) is 0 Å². The molecule has 0 radical (unpaired) electrons. The number of methoxy groups -OCH3 is 1. The molecule has 7 nitrogen and oxygen atoms in total. The maximum atomic E-state index is 14.2. The Balaban J connectivity index is 1.52. The van der Waals surface area contributed by atoms with E-state index < -0.39 is 12.0 Å². The van der Waals surface area contributed by atoms with Gasteiger partial charge >= 0.3 is 5.97 Å². The number of nitrogens with one attached hydrogen (secondary N) is 1. The molecule has 2 atom stereocenters. The van der Waals surface area contributed by atoms with Gasteiger partial charge in [0.1, 0.15) is 0 Å². The molecule has 5 rings (SSSR count). The van der Waals surface area contributed by atoms with Crippen molar-refractivity contribution in [1.29, 1.82) is 0 Å². The molecular weight excluding hydrogens is 476 g/mol. The van der Waals surface area contributed by atoms with Crippen LogP contribution in [0.3, 0.4) is 0 Å². The third kappa shape index (κ3) is 5.33. The van der Waals surface area contributed by atoms with Crippen LogP contribution in [0.5, 0.6) is 0 Å². The summed E-state index contributed by atoms with van der Waals surface area (Å²) in [6.45, 7) is 2.51. The van der Waals surface area contributed by atoms with Crippen molar-refractivity contribution in [1.82, 2.24) is 15.3 Å². The molecule has 2 aromatic carbocycles. The molecule has 1 amide bonds. The lowest BCUT2D eigenvalue weighted by Gasteiger charge is -2.28. The van der Waals surface area contributed by atoms with Crippen LogP contribution < -0.4 is 10.2 Å². The minimum Gasteiger partial charge on any atom is -0.465 e. The van der Waals surface area contributed by atoms with Crippen LogP contribution in [0.2, 0.25) is 0 Å². The molecular formula is C31H30N4O3. The fraction of sp³-hybridized carbons (Fsp3) is 0.226. The monoisotopic (exact) mass is 506 g/mol. The number of aromatic nitrogens is 2. The summed E-state index contributed by atoms with van der Waals surface area (Å²) in [6, 6.07) is 22.7. The third-order valence-corrected chi connectivity index (χ3v) is 6.95. The number of hydrogen-bond donors (Lipinski definition) is 1. The quantitative estimate of drug-likeness (QED) is 0.346. The summed E-state index contributed by atoms with van der Waals surface area (Å²) in [5.74, 6) is -0.452. The number of rotatable bonds is 8. The van der Waals surface area contributed by atoms with Crippen molar-refractivity contribution in [2.75, 3.05) is 18.6 Å². The second-order valence-corrected chi connectivity index (χ2v) is 9.37. The van der Waals surface area contributed by atoms with E-state index >= 15 is 0 Å². The van der Waals surface area contributed by atoms with Gasteiger partial charge in [-0.15, -0.1) is 0 Å². The number of esters is 1. The molecule has 0 saturated carbocycles. The molecule has 0 bridgehead atoms. The first kappa shape index (κ1) is 25.3. The third-order valence-electron chi connectivity index (χ3n) is 6.95. The maximum absolute atomic E-state index is 14.2. The Morgan fingerprint density at radius 1 is 0.974 bits per heavy atom. The standard InChI is InChI=1S/C31H30N4O3/c1-21(27-10-6-7-14-33-27)34-28(18-22-8-4-3-5-9-22)30(36)35-17-13-25-26(31(37)38-2)19-24(20-29(25)35)23-11-15-32-16-12-23/h3-12,14-16,19-21,28,34H,13,17-18H2,1-2H3. The summed E-state index contributed by atoms with van der Waals surface area (Å²) in [4.78, 5) is 37.3. The molecule has 2 aromatic heterocycles. The Morgan fingerprint density at radius 3 is 2.45 bits per heavy atom. The first-order valence-electron chi connectivity index (χ1n) is 12.7. The Bertz CT molecular complexity index is 1410. The van der Waals surface area contributed by atoms with E-state index in [1.54, 1.807) is 23.5 Å². The van der Waals surface area contributed by atoms with Crippen LogP contribution in [-0.2, 0) is 22.4 Å². The number of amides is 1. The molecule has 38 heavy (non-hydrogen) atoms. The van der Waals surface area contributed by atoms with E-state index in [4.69, 9.17) is 4.74 Å². The Labute approximate surface area is 222 Å². The number of hydrogen-bond acceptors (Lipinski definition) is 6. The van der Waals surface area contributed by atoms with E-state index in [-0.39, 0.29) is 11.9 Å². The molecule has 3 heterocycles. The molecule has 7 heteroatoms. The highest BCUT2D eigenvalue weighted by atomic mass is 16.5. The van der Waals surface area contributed by atoms with Crippen molar-refractivity contribution >= 4 is 17.6 Å². The minimum atomic E-state index is -0.494. The van der Waals surface area contributed by atoms with Gasteiger partial charge in [0.05, 0.1) is 24.4 Å². The number of nitrogens with zero attached hydrogens (tertiary/aromatic N) is 3. The molecule has 2 unspecified atom stereocenters. The molecule has 4 aromatic rings. The van der Waals surface area contributed by atoms with Gasteiger partial charge in [0.2, 0.25) is 5.91 Å². The van der Waals surface area contributed by atoms with Crippen LogP contribution >= 0.6 is 0 Å². The molecule has 192 valence electrons. The van der Waals surface area contributed by atoms with E-state index in [9.17, 15) is 9.59 Å². The second-order valence-electron chi connectivity index (χ2n) is 9.37. The van der Waals surface area contributed by atoms with Gasteiger partial charge in [-0.05, 0) is 78.4 Å². The number of carbonyl (C=O) groups is 2. The van der Waals surface area contributed by atoms with Gasteiger partial charge in [0, 0.05) is 36.9 Å². The fourth-order valence-electron chi connectivity index (χ4n) is 5.01. The van der Waals surface area contributed by atoms with E-state index in [2.05, 4.69) is 15.3 Å². The van der Waals surface area contributed by atoms with E-state index in [0.717, 1.165) is 33.6 Å². The Hall–Kier alpha value is -4.36. The summed E-state index contributed by atoms with van der Waals surface area (Å²) in [5, 5.41) is 3.53. The first-order valence-corrected chi connectivity index (χ1v) is 12.7. The van der Waals surface area contributed by atoms with Crippen LogP contribution in [-0.4, -0.2) is 41.5 Å². The van der Waals surface area contributed by atoms with Gasteiger partial charge in [-0.2, -0.15) is 0 Å². The van der Waals surface area contributed by atoms with Crippen LogP contribution in [0.1, 0.15) is 40.1 Å². The lowest BCUT2D eigenvalue weighted by molar-refractivity contribution is -0.120. The largest absolute Gasteiger partial charge is 0.465 e. The van der Waals surface area contributed by atoms with E-state index in [1.165, 1.54) is 7.11 Å². The zero-order valence-electron chi connectivity index (χ0n) is 21.5. The maximum Gasteiger partial charge on any atom is 0.338 e. The first-order chi connectivity index (χ1) is 18.5. The summed E-state index contributed by atoms with van der Waals surface area (Å²) in [7, 11) is 1.38. The predicted octanol–water partition coefficient (Wildman–Crippen LogP) is 4.78. The molecule has 0 saturated heterocycles. The van der Waals surface area contributed by atoms with Crippen LogP contribution in [0.15, 0.2) is 91.4 Å². The van der Waals surface area contributed by atoms with Crippen LogP contribution in [0.4, 0.5) is 5.69 Å². The van der Waals surface area contributed by atoms with Gasteiger partial charge in [0.25, 0.3) is 0 Å². The normalized spacial score (nSPS) is 14.0. The molecule has 0 aliphatic carbocycles. The van der Waals surface area contributed by atoms with Gasteiger partial charge in [-0.25, -0.2) is 4.79 Å². The highest BCUT2D eigenvalue weighted by Gasteiger charge is 2.34. The smallest absolute Gasteiger partial charge is 0.338 e. The summed E-state index contributed by atoms with van der Waals surface area (Å²) in [5.41, 5.74) is 5.74. The summed E-state index contributed by atoms with van der Waals surface area (Å²) < 4.78 is 5.10. The molecule has 0 fully saturated rings. The number of benzene rings is 2. The minimum absolute atomic E-state index is 0.0434. The topological polar surface area (TPSA) is 84.4 Å². The Kier molecular flexibility index (Phi) is 7.56. The lowest BCUT2D eigenvalue weighted by Crippen LogP contribution is -2.48. The number of carbonyl (C=O) groups excluding carboxylic acids is 2. The highest BCUT2D eigenvalue weighted by Crippen LogP contribution is 2.37. The SMILES string of the molecule is COC(=O)c1cc(-c2ccncc2)cc2c1CCN2C(=O)C(Cc1ccccc1)NC(C)c1ccccn1. The van der Waals surface area contributed by atoms with Gasteiger partial charge in [-0.1, -0.05) is 36.4 Å². The van der Waals surface area contributed by atoms with Crippen molar-refractivity contribution in [2.24, 2.45) is 0 Å². The zero-order chi connectivity index (χ0) is 26.5. The number of fused-ring (bicyclic) bond motifs is 1.